The summed E-state index contributed by atoms with van der Waals surface area (Å²) in [6.07, 6.45) is 6.18. The smallest absolute Gasteiger partial charge is 0.408 e. The Bertz CT molecular complexity index is 1270. The summed E-state index contributed by atoms with van der Waals surface area (Å²) in [6.45, 7) is 1.91. The van der Waals surface area contributed by atoms with E-state index in [4.69, 9.17) is 9.47 Å². The number of aromatic nitrogens is 4. The first-order valence-corrected chi connectivity index (χ1v) is 12.8. The van der Waals surface area contributed by atoms with E-state index >= 15 is 0 Å². The van der Waals surface area contributed by atoms with Gasteiger partial charge in [0, 0.05) is 5.56 Å². The van der Waals surface area contributed by atoms with E-state index in [0.717, 1.165) is 37.4 Å². The molecule has 2 aromatic heterocycles. The molecule has 1 aromatic carbocycles. The molecule has 5 rings (SSSR count). The molecular formula is C27H31FN6O4. The summed E-state index contributed by atoms with van der Waals surface area (Å²) in [7, 11) is 1.46. The van der Waals surface area contributed by atoms with Gasteiger partial charge in [-0.05, 0) is 62.0 Å². The maximum atomic E-state index is 13.8. The Morgan fingerprint density at radius 1 is 1.16 bits per heavy atom. The molecule has 2 aliphatic rings. The number of hydrogen-bond acceptors (Lipinski definition) is 7. The number of benzene rings is 1. The average Bonchev–Trinajstić information content (AvgIpc) is 3.87. The highest BCUT2D eigenvalue weighted by atomic mass is 19.1. The van der Waals surface area contributed by atoms with E-state index in [2.05, 4.69) is 25.9 Å². The Kier molecular flexibility index (Phi) is 7.52. The van der Waals surface area contributed by atoms with Gasteiger partial charge in [0.1, 0.15) is 18.5 Å². The topological polar surface area (TPSA) is 120 Å². The minimum atomic E-state index is -0.756. The number of rotatable bonds is 11. The number of anilines is 1. The van der Waals surface area contributed by atoms with Gasteiger partial charge in [-0.25, -0.2) is 18.9 Å². The number of carbonyl (C=O) groups is 2. The van der Waals surface area contributed by atoms with Crippen molar-refractivity contribution in [3.8, 4) is 5.88 Å². The van der Waals surface area contributed by atoms with Gasteiger partial charge in [0.25, 0.3) is 0 Å². The van der Waals surface area contributed by atoms with Crippen molar-refractivity contribution < 1.29 is 23.5 Å². The molecule has 2 heterocycles. The molecule has 0 spiro atoms. The number of nitrogens with zero attached hydrogens (tertiary/aromatic N) is 4. The average molecular weight is 523 g/mol. The van der Waals surface area contributed by atoms with Crippen molar-refractivity contribution in [1.29, 1.82) is 0 Å². The predicted octanol–water partition coefficient (Wildman–Crippen LogP) is 4.10. The molecule has 0 saturated heterocycles. The Hall–Kier alpha value is -4.02. The summed E-state index contributed by atoms with van der Waals surface area (Å²) in [4.78, 5) is 30.2. The van der Waals surface area contributed by atoms with E-state index in [0.29, 0.717) is 17.4 Å². The Morgan fingerprint density at radius 3 is 2.53 bits per heavy atom. The summed E-state index contributed by atoms with van der Waals surface area (Å²) in [5.74, 6) is 0.467. The number of halogens is 1. The first-order valence-electron chi connectivity index (χ1n) is 12.8. The number of methoxy groups -OCH3 is 1. The third kappa shape index (κ3) is 6.09. The Labute approximate surface area is 219 Å². The number of alkyl carbamates (subject to hydrolysis) is 1. The summed E-state index contributed by atoms with van der Waals surface area (Å²) in [5, 5.41) is 13.8. The first kappa shape index (κ1) is 25.6. The summed E-state index contributed by atoms with van der Waals surface area (Å²) in [6, 6.07) is 9.49. The van der Waals surface area contributed by atoms with E-state index in [1.54, 1.807) is 13.1 Å². The Morgan fingerprint density at radius 2 is 1.87 bits per heavy atom. The zero-order valence-corrected chi connectivity index (χ0v) is 21.3. The molecule has 2 fully saturated rings. The van der Waals surface area contributed by atoms with Crippen molar-refractivity contribution in [1.82, 2.24) is 25.3 Å². The van der Waals surface area contributed by atoms with Crippen molar-refractivity contribution in [2.75, 3.05) is 12.4 Å². The highest BCUT2D eigenvalue weighted by molar-refractivity contribution is 5.96. The van der Waals surface area contributed by atoms with Gasteiger partial charge >= 0.3 is 6.09 Å². The minimum Gasteiger partial charge on any atom is -0.481 e. The maximum absolute atomic E-state index is 13.8. The second-order valence-electron chi connectivity index (χ2n) is 9.94. The molecule has 200 valence electrons. The fraction of sp³-hybridized carbons (Fsp3) is 0.444. The van der Waals surface area contributed by atoms with Crippen LogP contribution in [0.4, 0.5) is 15.0 Å². The summed E-state index contributed by atoms with van der Waals surface area (Å²) in [5.41, 5.74) is 1.35. The van der Waals surface area contributed by atoms with E-state index in [-0.39, 0.29) is 30.1 Å². The number of pyridine rings is 1. The molecule has 2 aliphatic carbocycles. The minimum absolute atomic E-state index is 0.0378. The van der Waals surface area contributed by atoms with Crippen LogP contribution in [0.25, 0.3) is 0 Å². The maximum Gasteiger partial charge on any atom is 0.408 e. The third-order valence-electron chi connectivity index (χ3n) is 7.13. The molecule has 0 bridgehead atoms. The van der Waals surface area contributed by atoms with Crippen molar-refractivity contribution >= 4 is 17.8 Å². The molecule has 0 aliphatic heterocycles. The highest BCUT2D eigenvalue weighted by Gasteiger charge is 2.48. The van der Waals surface area contributed by atoms with Gasteiger partial charge in [0.05, 0.1) is 25.5 Å². The zero-order valence-electron chi connectivity index (χ0n) is 21.3. The van der Waals surface area contributed by atoms with Crippen LogP contribution in [0.3, 0.4) is 0 Å². The molecule has 10 nitrogen and oxygen atoms in total. The van der Waals surface area contributed by atoms with Gasteiger partial charge in [-0.15, -0.1) is 5.10 Å². The molecular weight excluding hydrogens is 491 g/mol. The van der Waals surface area contributed by atoms with Gasteiger partial charge < -0.3 is 20.1 Å². The van der Waals surface area contributed by atoms with Gasteiger partial charge in [0.15, 0.2) is 5.82 Å². The lowest BCUT2D eigenvalue weighted by atomic mass is 9.89. The highest BCUT2D eigenvalue weighted by Crippen LogP contribution is 2.50. The molecule has 0 radical (unpaired) electrons. The summed E-state index contributed by atoms with van der Waals surface area (Å²) < 4.78 is 26.0. The molecule has 1 unspecified atom stereocenters. The van der Waals surface area contributed by atoms with Crippen LogP contribution in [0, 0.1) is 23.6 Å². The zero-order chi connectivity index (χ0) is 26.6. The summed E-state index contributed by atoms with van der Waals surface area (Å²) >= 11 is 0. The van der Waals surface area contributed by atoms with Crippen molar-refractivity contribution in [3.63, 3.8) is 0 Å². The standard InChI is InChI=1S/C27H31FN6O4/c1-16(21-12-20(28)13-29-26(21)37-2)34-14-22(32-33-34)30-25(35)24(23(18-8-9-18)19-10-11-19)31-27(36)38-15-17-6-4-3-5-7-17/h3-7,12-14,16,18-19,23-24H,8-11,15H2,1-2H3,(H,30,35)(H,31,36)/t16?,24-/m0/s1. The Balaban J connectivity index is 1.28. The van der Waals surface area contributed by atoms with Crippen LogP contribution in [-0.4, -0.2) is 45.1 Å². The number of carbonyl (C=O) groups excluding carboxylic acids is 2. The van der Waals surface area contributed by atoms with E-state index in [1.165, 1.54) is 17.9 Å². The van der Waals surface area contributed by atoms with Crippen LogP contribution in [0.15, 0.2) is 48.8 Å². The molecule has 11 heteroatoms. The molecule has 2 amide bonds. The number of amides is 2. The molecule has 38 heavy (non-hydrogen) atoms. The number of nitrogens with one attached hydrogen (secondary N) is 2. The SMILES string of the molecule is COc1ncc(F)cc1C(C)n1cc(NC(=O)[C@@H](NC(=O)OCc2ccccc2)C(C2CC2)C2CC2)nn1. The van der Waals surface area contributed by atoms with Crippen molar-refractivity contribution in [2.24, 2.45) is 17.8 Å². The molecule has 2 saturated carbocycles. The van der Waals surface area contributed by atoms with Crippen LogP contribution >= 0.6 is 0 Å². The van der Waals surface area contributed by atoms with Crippen LogP contribution < -0.4 is 15.4 Å². The lowest BCUT2D eigenvalue weighted by molar-refractivity contribution is -0.119. The van der Waals surface area contributed by atoms with Crippen molar-refractivity contribution in [3.05, 3.63) is 65.7 Å². The van der Waals surface area contributed by atoms with Gasteiger partial charge in [-0.3, -0.25) is 4.79 Å². The fourth-order valence-corrected chi connectivity index (χ4v) is 4.90. The second-order valence-corrected chi connectivity index (χ2v) is 9.94. The van der Waals surface area contributed by atoms with Crippen LogP contribution in [-0.2, 0) is 16.1 Å². The largest absolute Gasteiger partial charge is 0.481 e. The van der Waals surface area contributed by atoms with Crippen LogP contribution in [0.1, 0.15) is 49.8 Å². The lowest BCUT2D eigenvalue weighted by Crippen LogP contribution is -2.50. The normalized spacial score (nSPS) is 16.5. The monoisotopic (exact) mass is 522 g/mol. The van der Waals surface area contributed by atoms with Gasteiger partial charge in [0.2, 0.25) is 11.8 Å². The third-order valence-corrected chi connectivity index (χ3v) is 7.13. The van der Waals surface area contributed by atoms with E-state index < -0.39 is 24.0 Å². The van der Waals surface area contributed by atoms with E-state index in [9.17, 15) is 14.0 Å². The first-order chi connectivity index (χ1) is 18.4. The quantitative estimate of drug-likeness (QED) is 0.389. The predicted molar refractivity (Wildman–Crippen MR) is 136 cm³/mol. The van der Waals surface area contributed by atoms with E-state index in [1.807, 2.05) is 30.3 Å². The molecule has 2 N–H and O–H groups in total. The lowest BCUT2D eigenvalue weighted by Gasteiger charge is -2.26. The van der Waals surface area contributed by atoms with Crippen LogP contribution in [0.5, 0.6) is 5.88 Å². The molecule has 3 aromatic rings. The van der Waals surface area contributed by atoms with Gasteiger partial charge in [-0.2, -0.15) is 0 Å². The van der Waals surface area contributed by atoms with Crippen molar-refractivity contribution in [2.45, 2.75) is 51.3 Å². The second kappa shape index (κ2) is 11.2. The van der Waals surface area contributed by atoms with Crippen LogP contribution in [0.2, 0.25) is 0 Å². The van der Waals surface area contributed by atoms with Gasteiger partial charge in [-0.1, -0.05) is 35.5 Å². The molecule has 2 atom stereocenters. The number of hydrogen-bond donors (Lipinski definition) is 2. The fourth-order valence-electron chi connectivity index (χ4n) is 4.90. The number of ether oxygens (including phenoxy) is 2.